The summed E-state index contributed by atoms with van der Waals surface area (Å²) in [5, 5.41) is 1.96. The van der Waals surface area contributed by atoms with Crippen LogP contribution in [0, 0.1) is 0 Å². The lowest BCUT2D eigenvalue weighted by atomic mass is 9.90. The topological polar surface area (TPSA) is 60.2 Å². The molecule has 72 valence electrons. The van der Waals surface area contributed by atoms with E-state index in [4.69, 9.17) is 5.73 Å². The van der Waals surface area contributed by atoms with Crippen LogP contribution < -0.4 is 5.73 Å². The van der Waals surface area contributed by atoms with E-state index in [0.29, 0.717) is 6.54 Å². The van der Waals surface area contributed by atoms with Gasteiger partial charge >= 0.3 is 0 Å². The minimum atomic E-state index is -2.80. The zero-order valence-corrected chi connectivity index (χ0v) is 8.70. The van der Waals surface area contributed by atoms with E-state index in [1.165, 1.54) is 0 Å². The molecule has 0 aliphatic carbocycles. The fourth-order valence-corrected chi connectivity index (χ4v) is 5.01. The number of sulfone groups is 1. The Morgan fingerprint density at radius 2 is 2.23 bits per heavy atom. The molecule has 2 rings (SSSR count). The quantitative estimate of drug-likeness (QED) is 0.778. The Bertz CT molecular complexity index is 382. The molecule has 3 nitrogen and oxygen atoms in total. The van der Waals surface area contributed by atoms with Crippen molar-refractivity contribution in [2.75, 3.05) is 18.1 Å². The summed E-state index contributed by atoms with van der Waals surface area (Å²) in [5.41, 5.74) is 5.35. The average Bonchev–Trinajstić information content (AvgIpc) is 2.51. The Morgan fingerprint density at radius 1 is 1.54 bits per heavy atom. The SMILES string of the molecule is NCC1(c2cccs2)CS(=O)(=O)C1. The molecular weight excluding hydrogens is 206 g/mol. The Kier molecular flexibility index (Phi) is 1.98. The van der Waals surface area contributed by atoms with Gasteiger partial charge in [0, 0.05) is 16.8 Å². The van der Waals surface area contributed by atoms with Gasteiger partial charge in [-0.2, -0.15) is 0 Å². The van der Waals surface area contributed by atoms with Crippen molar-refractivity contribution in [3.05, 3.63) is 22.4 Å². The van der Waals surface area contributed by atoms with Crippen molar-refractivity contribution in [2.45, 2.75) is 5.41 Å². The first-order chi connectivity index (χ1) is 6.08. The van der Waals surface area contributed by atoms with Gasteiger partial charge in [0.15, 0.2) is 9.84 Å². The van der Waals surface area contributed by atoms with Crippen LogP contribution in [0.15, 0.2) is 17.5 Å². The normalized spacial score (nSPS) is 23.8. The minimum absolute atomic E-state index is 0.219. The van der Waals surface area contributed by atoms with Gasteiger partial charge in [0.1, 0.15) is 0 Å². The molecule has 0 amide bonds. The molecule has 1 saturated heterocycles. The fourth-order valence-electron chi connectivity index (χ4n) is 1.74. The van der Waals surface area contributed by atoms with Crippen LogP contribution in [0.3, 0.4) is 0 Å². The molecule has 1 aliphatic rings. The highest BCUT2D eigenvalue weighted by Crippen LogP contribution is 2.38. The van der Waals surface area contributed by atoms with Crippen LogP contribution in [0.25, 0.3) is 0 Å². The average molecular weight is 217 g/mol. The first-order valence-electron chi connectivity index (χ1n) is 4.02. The molecule has 0 spiro atoms. The summed E-state index contributed by atoms with van der Waals surface area (Å²) < 4.78 is 22.2. The van der Waals surface area contributed by atoms with Gasteiger partial charge in [-0.25, -0.2) is 8.42 Å². The highest BCUT2D eigenvalue weighted by Gasteiger charge is 2.49. The third-order valence-corrected chi connectivity index (χ3v) is 5.53. The van der Waals surface area contributed by atoms with Crippen molar-refractivity contribution >= 4 is 21.2 Å². The summed E-state index contributed by atoms with van der Waals surface area (Å²) in [6.07, 6.45) is 0. The lowest BCUT2D eigenvalue weighted by Crippen LogP contribution is -2.56. The maximum absolute atomic E-state index is 11.1. The number of hydrogen-bond donors (Lipinski definition) is 1. The Labute approximate surface area is 81.5 Å². The Balaban J connectivity index is 2.31. The standard InChI is InChI=1S/C8H11NO2S2/c9-4-8(5-13(10,11)6-8)7-2-1-3-12-7/h1-3H,4-6,9H2. The third kappa shape index (κ3) is 1.41. The molecular formula is C8H11NO2S2. The van der Waals surface area contributed by atoms with Crippen molar-refractivity contribution in [3.8, 4) is 0 Å². The summed E-state index contributed by atoms with van der Waals surface area (Å²) in [5.74, 6) is 0.439. The third-order valence-electron chi connectivity index (χ3n) is 2.43. The smallest absolute Gasteiger partial charge is 0.152 e. The van der Waals surface area contributed by atoms with Crippen LogP contribution in [0.2, 0.25) is 0 Å². The Morgan fingerprint density at radius 3 is 2.62 bits per heavy atom. The molecule has 13 heavy (non-hydrogen) atoms. The summed E-state index contributed by atoms with van der Waals surface area (Å²) in [7, 11) is -2.80. The molecule has 1 fully saturated rings. The van der Waals surface area contributed by atoms with E-state index in [1.807, 2.05) is 17.5 Å². The van der Waals surface area contributed by atoms with Gasteiger partial charge in [0.2, 0.25) is 0 Å². The zero-order chi connectivity index (χ0) is 9.53. The van der Waals surface area contributed by atoms with E-state index >= 15 is 0 Å². The molecule has 5 heteroatoms. The summed E-state index contributed by atoms with van der Waals surface area (Å²) in [6.45, 7) is 0.423. The van der Waals surface area contributed by atoms with Crippen molar-refractivity contribution in [2.24, 2.45) is 5.73 Å². The molecule has 0 unspecified atom stereocenters. The van der Waals surface area contributed by atoms with E-state index < -0.39 is 9.84 Å². The molecule has 2 N–H and O–H groups in total. The van der Waals surface area contributed by atoms with Crippen LogP contribution >= 0.6 is 11.3 Å². The summed E-state index contributed by atoms with van der Waals surface area (Å²) in [6, 6.07) is 3.90. The number of thiophene rings is 1. The zero-order valence-electron chi connectivity index (χ0n) is 7.06. The Hall–Kier alpha value is -0.390. The molecule has 0 aromatic carbocycles. The molecule has 1 aliphatic heterocycles. The largest absolute Gasteiger partial charge is 0.329 e. The minimum Gasteiger partial charge on any atom is -0.329 e. The van der Waals surface area contributed by atoms with Crippen LogP contribution in [0.5, 0.6) is 0 Å². The molecule has 0 atom stereocenters. The van der Waals surface area contributed by atoms with Crippen molar-refractivity contribution in [1.82, 2.24) is 0 Å². The molecule has 2 heterocycles. The summed E-state index contributed by atoms with van der Waals surface area (Å²) >= 11 is 1.59. The van der Waals surface area contributed by atoms with Gasteiger partial charge in [0.25, 0.3) is 0 Å². The maximum atomic E-state index is 11.1. The van der Waals surface area contributed by atoms with E-state index in [-0.39, 0.29) is 16.9 Å². The van der Waals surface area contributed by atoms with Crippen LogP contribution in [0.1, 0.15) is 4.88 Å². The molecule has 0 saturated carbocycles. The molecule has 1 aromatic rings. The van der Waals surface area contributed by atoms with Crippen LogP contribution in [0.4, 0.5) is 0 Å². The van der Waals surface area contributed by atoms with Crippen molar-refractivity contribution in [1.29, 1.82) is 0 Å². The fraction of sp³-hybridized carbons (Fsp3) is 0.500. The molecule has 1 aromatic heterocycles. The second-order valence-corrected chi connectivity index (χ2v) is 6.51. The van der Waals surface area contributed by atoms with Gasteiger partial charge in [-0.15, -0.1) is 11.3 Å². The van der Waals surface area contributed by atoms with Crippen molar-refractivity contribution in [3.63, 3.8) is 0 Å². The number of rotatable bonds is 2. The first-order valence-corrected chi connectivity index (χ1v) is 6.73. The number of nitrogens with two attached hydrogens (primary N) is 1. The predicted octanol–water partition coefficient (Wildman–Crippen LogP) is 0.373. The maximum Gasteiger partial charge on any atom is 0.152 e. The monoisotopic (exact) mass is 217 g/mol. The first kappa shape index (κ1) is 9.18. The summed E-state index contributed by atoms with van der Waals surface area (Å²) in [4.78, 5) is 1.10. The van der Waals surface area contributed by atoms with Gasteiger partial charge in [-0.05, 0) is 11.4 Å². The van der Waals surface area contributed by atoms with Gasteiger partial charge < -0.3 is 5.73 Å². The lowest BCUT2D eigenvalue weighted by Gasteiger charge is -2.39. The van der Waals surface area contributed by atoms with Gasteiger partial charge in [-0.3, -0.25) is 0 Å². The number of hydrogen-bond acceptors (Lipinski definition) is 4. The van der Waals surface area contributed by atoms with Crippen LogP contribution in [-0.4, -0.2) is 26.5 Å². The van der Waals surface area contributed by atoms with E-state index in [1.54, 1.807) is 11.3 Å². The van der Waals surface area contributed by atoms with Gasteiger partial charge in [0.05, 0.1) is 11.5 Å². The lowest BCUT2D eigenvalue weighted by molar-refractivity contribution is 0.472. The molecule has 0 radical (unpaired) electrons. The van der Waals surface area contributed by atoms with Gasteiger partial charge in [-0.1, -0.05) is 6.07 Å². The second-order valence-electron chi connectivity index (χ2n) is 3.49. The van der Waals surface area contributed by atoms with Crippen molar-refractivity contribution < 1.29 is 8.42 Å². The van der Waals surface area contributed by atoms with E-state index in [2.05, 4.69) is 0 Å². The molecule has 0 bridgehead atoms. The second kappa shape index (κ2) is 2.80. The highest BCUT2D eigenvalue weighted by atomic mass is 32.2. The van der Waals surface area contributed by atoms with Crippen LogP contribution in [-0.2, 0) is 15.3 Å². The highest BCUT2D eigenvalue weighted by molar-refractivity contribution is 7.93. The van der Waals surface area contributed by atoms with E-state index in [0.717, 1.165) is 4.88 Å². The van der Waals surface area contributed by atoms with E-state index in [9.17, 15) is 8.42 Å². The predicted molar refractivity (Wildman–Crippen MR) is 53.7 cm³/mol.